The van der Waals surface area contributed by atoms with Crippen LogP contribution in [-0.2, 0) is 11.2 Å². The maximum Gasteiger partial charge on any atom is 0.247 e. The van der Waals surface area contributed by atoms with Crippen LogP contribution >= 0.6 is 0 Å². The van der Waals surface area contributed by atoms with Crippen LogP contribution in [0.2, 0.25) is 0 Å². The molecule has 1 N–H and O–H groups in total. The number of hydrogen-bond acceptors (Lipinski definition) is 4. The number of fused-ring (bicyclic) bond motifs is 1. The van der Waals surface area contributed by atoms with E-state index in [2.05, 4.69) is 11.4 Å². The van der Waals surface area contributed by atoms with Crippen LogP contribution in [0.5, 0.6) is 5.75 Å². The average molecular weight is 347 g/mol. The summed E-state index contributed by atoms with van der Waals surface area (Å²) < 4.78 is 5.17. The standard InChI is InChI=1S/C21H21N3O2/c1-21(2)12-14-7-4-5-10-17(14)19(24-21)18(13-22)20(25)23-15-8-6-9-16(11-15)26-3/h4-11,18H,12H2,1-3H3,(H,23,25). The molecule has 1 aliphatic rings. The second-order valence-electron chi connectivity index (χ2n) is 6.93. The number of nitrogens with one attached hydrogen (secondary N) is 1. The third kappa shape index (κ3) is 3.60. The molecular formula is C21H21N3O2. The van der Waals surface area contributed by atoms with Crippen LogP contribution in [0.25, 0.3) is 0 Å². The van der Waals surface area contributed by atoms with E-state index in [1.165, 1.54) is 0 Å². The van der Waals surface area contributed by atoms with Crippen LogP contribution in [0.1, 0.15) is 25.0 Å². The van der Waals surface area contributed by atoms with Crippen molar-refractivity contribution in [1.82, 2.24) is 0 Å². The Hall–Kier alpha value is -3.13. The number of hydrogen-bond donors (Lipinski definition) is 1. The maximum atomic E-state index is 12.8. The van der Waals surface area contributed by atoms with E-state index < -0.39 is 11.8 Å². The minimum Gasteiger partial charge on any atom is -0.497 e. The Labute approximate surface area is 153 Å². The van der Waals surface area contributed by atoms with Crippen molar-refractivity contribution in [2.24, 2.45) is 10.9 Å². The summed E-state index contributed by atoms with van der Waals surface area (Å²) in [6.07, 6.45) is 0.780. The van der Waals surface area contributed by atoms with Gasteiger partial charge >= 0.3 is 0 Å². The van der Waals surface area contributed by atoms with E-state index in [-0.39, 0.29) is 5.54 Å². The second kappa shape index (κ2) is 7.01. The number of ether oxygens (including phenoxy) is 1. The zero-order valence-corrected chi connectivity index (χ0v) is 15.1. The number of nitriles is 1. The van der Waals surface area contributed by atoms with Gasteiger partial charge in [0.2, 0.25) is 5.91 Å². The van der Waals surface area contributed by atoms with E-state index in [0.29, 0.717) is 17.1 Å². The number of aliphatic imine (C=N–C) groups is 1. The summed E-state index contributed by atoms with van der Waals surface area (Å²) in [6.45, 7) is 4.02. The Balaban J connectivity index is 1.93. The fourth-order valence-electron chi connectivity index (χ4n) is 3.20. The van der Waals surface area contributed by atoms with Crippen molar-refractivity contribution in [2.45, 2.75) is 25.8 Å². The van der Waals surface area contributed by atoms with Gasteiger partial charge in [-0.1, -0.05) is 30.3 Å². The number of anilines is 1. The van der Waals surface area contributed by atoms with Gasteiger partial charge in [-0.25, -0.2) is 0 Å². The van der Waals surface area contributed by atoms with Gasteiger partial charge in [0.05, 0.1) is 24.4 Å². The molecule has 0 aliphatic carbocycles. The summed E-state index contributed by atoms with van der Waals surface area (Å²) >= 11 is 0. The zero-order chi connectivity index (χ0) is 18.7. The molecule has 2 aromatic carbocycles. The predicted molar refractivity (Wildman–Crippen MR) is 101 cm³/mol. The molecule has 1 atom stereocenters. The maximum absolute atomic E-state index is 12.8. The van der Waals surface area contributed by atoms with Gasteiger partial charge in [0, 0.05) is 17.3 Å². The summed E-state index contributed by atoms with van der Waals surface area (Å²) in [7, 11) is 1.56. The van der Waals surface area contributed by atoms with Crippen molar-refractivity contribution < 1.29 is 9.53 Å². The number of carbonyl (C=O) groups is 1. The lowest BCUT2D eigenvalue weighted by Gasteiger charge is -2.30. The van der Waals surface area contributed by atoms with Gasteiger partial charge in [-0.3, -0.25) is 9.79 Å². The van der Waals surface area contributed by atoms with Crippen molar-refractivity contribution in [1.29, 1.82) is 5.26 Å². The molecule has 1 heterocycles. The number of amides is 1. The minimum absolute atomic E-state index is 0.352. The molecule has 0 saturated carbocycles. The monoisotopic (exact) mass is 347 g/mol. The summed E-state index contributed by atoms with van der Waals surface area (Å²) in [4.78, 5) is 17.5. The zero-order valence-electron chi connectivity index (χ0n) is 15.1. The Bertz CT molecular complexity index is 909. The Morgan fingerprint density at radius 3 is 2.77 bits per heavy atom. The summed E-state index contributed by atoms with van der Waals surface area (Å²) in [5, 5.41) is 12.5. The van der Waals surface area contributed by atoms with E-state index in [4.69, 9.17) is 9.73 Å². The quantitative estimate of drug-likeness (QED) is 0.918. The SMILES string of the molecule is COc1cccc(NC(=O)C(C#N)C2=NC(C)(C)Cc3ccccc32)c1. The fraction of sp³-hybridized carbons (Fsp3) is 0.286. The molecule has 5 heteroatoms. The number of benzene rings is 2. The van der Waals surface area contributed by atoms with E-state index in [9.17, 15) is 10.1 Å². The van der Waals surface area contributed by atoms with Crippen molar-refractivity contribution >= 4 is 17.3 Å². The largest absolute Gasteiger partial charge is 0.497 e. The molecular weight excluding hydrogens is 326 g/mol. The van der Waals surface area contributed by atoms with Gasteiger partial charge in [-0.2, -0.15) is 5.26 Å². The molecule has 0 fully saturated rings. The molecule has 0 bridgehead atoms. The van der Waals surface area contributed by atoms with Gasteiger partial charge in [-0.15, -0.1) is 0 Å². The van der Waals surface area contributed by atoms with Crippen molar-refractivity contribution in [3.63, 3.8) is 0 Å². The van der Waals surface area contributed by atoms with Gasteiger partial charge in [0.25, 0.3) is 0 Å². The third-order valence-electron chi connectivity index (χ3n) is 4.34. The first-order valence-electron chi connectivity index (χ1n) is 8.46. The van der Waals surface area contributed by atoms with E-state index >= 15 is 0 Å². The first-order chi connectivity index (χ1) is 12.4. The number of nitrogens with zero attached hydrogens (tertiary/aromatic N) is 2. The molecule has 0 spiro atoms. The molecule has 1 amide bonds. The molecule has 132 valence electrons. The molecule has 26 heavy (non-hydrogen) atoms. The molecule has 3 rings (SSSR count). The van der Waals surface area contributed by atoms with Gasteiger partial charge in [0.1, 0.15) is 5.75 Å². The lowest BCUT2D eigenvalue weighted by Crippen LogP contribution is -2.36. The van der Waals surface area contributed by atoms with Gasteiger partial charge < -0.3 is 10.1 Å². The minimum atomic E-state index is -0.984. The summed E-state index contributed by atoms with van der Waals surface area (Å²) in [6, 6.07) is 17.0. The van der Waals surface area contributed by atoms with Crippen LogP contribution in [0.4, 0.5) is 5.69 Å². The highest BCUT2D eigenvalue weighted by atomic mass is 16.5. The summed E-state index contributed by atoms with van der Waals surface area (Å²) in [5.74, 6) is -0.744. The third-order valence-corrected chi connectivity index (χ3v) is 4.34. The first-order valence-corrected chi connectivity index (χ1v) is 8.46. The van der Waals surface area contributed by atoms with Crippen molar-refractivity contribution in [2.75, 3.05) is 12.4 Å². The number of rotatable bonds is 4. The highest BCUT2D eigenvalue weighted by Crippen LogP contribution is 2.30. The highest BCUT2D eigenvalue weighted by Gasteiger charge is 2.33. The van der Waals surface area contributed by atoms with Crippen LogP contribution in [0.3, 0.4) is 0 Å². The summed E-state index contributed by atoms with van der Waals surface area (Å²) in [5.41, 5.74) is 2.74. The normalized spacial score (nSPS) is 15.8. The molecule has 0 radical (unpaired) electrons. The molecule has 0 saturated heterocycles. The lowest BCUT2D eigenvalue weighted by molar-refractivity contribution is -0.116. The molecule has 5 nitrogen and oxygen atoms in total. The number of methoxy groups -OCH3 is 1. The predicted octanol–water partition coefficient (Wildman–Crippen LogP) is 3.60. The Morgan fingerprint density at radius 1 is 1.27 bits per heavy atom. The van der Waals surface area contributed by atoms with Crippen molar-refractivity contribution in [3.05, 3.63) is 59.7 Å². The Morgan fingerprint density at radius 2 is 2.04 bits per heavy atom. The highest BCUT2D eigenvalue weighted by molar-refractivity contribution is 6.19. The topological polar surface area (TPSA) is 74.5 Å². The van der Waals surface area contributed by atoms with E-state index in [0.717, 1.165) is 17.5 Å². The smallest absolute Gasteiger partial charge is 0.247 e. The molecule has 1 aliphatic heterocycles. The van der Waals surface area contributed by atoms with Crippen LogP contribution in [0.15, 0.2) is 53.5 Å². The van der Waals surface area contributed by atoms with Crippen LogP contribution in [-0.4, -0.2) is 24.3 Å². The fourth-order valence-corrected chi connectivity index (χ4v) is 3.20. The van der Waals surface area contributed by atoms with Gasteiger partial charge in [-0.05, 0) is 38.0 Å². The second-order valence-corrected chi connectivity index (χ2v) is 6.93. The number of carbonyl (C=O) groups excluding carboxylic acids is 1. The first kappa shape index (κ1) is 17.7. The van der Waals surface area contributed by atoms with E-state index in [1.54, 1.807) is 31.4 Å². The molecule has 1 unspecified atom stereocenters. The van der Waals surface area contributed by atoms with Crippen LogP contribution in [0, 0.1) is 17.2 Å². The average Bonchev–Trinajstić information content (AvgIpc) is 2.61. The molecule has 2 aromatic rings. The van der Waals surface area contributed by atoms with E-state index in [1.807, 2.05) is 38.1 Å². The van der Waals surface area contributed by atoms with Crippen LogP contribution < -0.4 is 10.1 Å². The molecule has 0 aromatic heterocycles. The van der Waals surface area contributed by atoms with Crippen molar-refractivity contribution in [3.8, 4) is 11.8 Å². The van der Waals surface area contributed by atoms with Gasteiger partial charge in [0.15, 0.2) is 5.92 Å². The Kier molecular flexibility index (Phi) is 4.77. The lowest BCUT2D eigenvalue weighted by atomic mass is 9.83.